The molecular formula is C27H24N2O3. The number of ether oxygens (including phenoxy) is 2. The van der Waals surface area contributed by atoms with E-state index in [9.17, 15) is 10.1 Å². The minimum absolute atomic E-state index is 0.0853. The van der Waals surface area contributed by atoms with Gasteiger partial charge in [-0.3, -0.25) is 4.79 Å². The minimum atomic E-state index is -0.292. The zero-order valence-electron chi connectivity index (χ0n) is 18.0. The minimum Gasteiger partial charge on any atom is -0.490 e. The van der Waals surface area contributed by atoms with Gasteiger partial charge in [0.25, 0.3) is 5.91 Å². The van der Waals surface area contributed by atoms with Crippen molar-refractivity contribution < 1.29 is 14.3 Å². The predicted molar refractivity (Wildman–Crippen MR) is 124 cm³/mol. The number of nitriles is 1. The van der Waals surface area contributed by atoms with E-state index in [4.69, 9.17) is 9.47 Å². The molecule has 0 unspecified atom stereocenters. The number of para-hydroxylation sites is 1. The fraction of sp³-hybridized carbons (Fsp3) is 0.185. The van der Waals surface area contributed by atoms with Gasteiger partial charge in [-0.15, -0.1) is 0 Å². The zero-order chi connectivity index (χ0) is 22.3. The van der Waals surface area contributed by atoms with Crippen molar-refractivity contribution in [2.24, 2.45) is 0 Å². The predicted octanol–water partition coefficient (Wildman–Crippen LogP) is 5.16. The molecule has 32 heavy (non-hydrogen) atoms. The maximum atomic E-state index is 13.1. The average molecular weight is 425 g/mol. The largest absolute Gasteiger partial charge is 0.490 e. The van der Waals surface area contributed by atoms with Crippen LogP contribution >= 0.6 is 0 Å². The Morgan fingerprint density at radius 1 is 1.03 bits per heavy atom. The van der Waals surface area contributed by atoms with Crippen molar-refractivity contribution in [3.63, 3.8) is 0 Å². The Morgan fingerprint density at radius 3 is 2.59 bits per heavy atom. The van der Waals surface area contributed by atoms with Crippen LogP contribution in [0.3, 0.4) is 0 Å². The monoisotopic (exact) mass is 424 g/mol. The molecule has 0 aliphatic carbocycles. The van der Waals surface area contributed by atoms with Crippen LogP contribution in [0.25, 0.3) is 6.08 Å². The Labute approximate surface area is 188 Å². The Hall–Kier alpha value is -4.04. The molecule has 0 fully saturated rings. The van der Waals surface area contributed by atoms with Gasteiger partial charge >= 0.3 is 0 Å². The van der Waals surface area contributed by atoms with E-state index in [1.807, 2.05) is 73.7 Å². The summed E-state index contributed by atoms with van der Waals surface area (Å²) in [6, 6.07) is 25.2. The van der Waals surface area contributed by atoms with Gasteiger partial charge in [-0.05, 0) is 54.3 Å². The van der Waals surface area contributed by atoms with Gasteiger partial charge in [-0.2, -0.15) is 5.26 Å². The summed E-state index contributed by atoms with van der Waals surface area (Å²) in [5.74, 6) is 0.902. The number of amides is 1. The molecule has 0 spiro atoms. The van der Waals surface area contributed by atoms with Gasteiger partial charge in [-0.1, -0.05) is 54.6 Å². The number of nitrogens with zero attached hydrogens (tertiary/aromatic N) is 2. The molecule has 5 heteroatoms. The van der Waals surface area contributed by atoms with Crippen molar-refractivity contribution in [2.45, 2.75) is 20.0 Å². The van der Waals surface area contributed by atoms with E-state index in [1.54, 1.807) is 17.0 Å². The number of carbonyl (C=O) groups is 1. The lowest BCUT2D eigenvalue weighted by Crippen LogP contribution is -2.29. The number of rotatable bonds is 7. The Balaban J connectivity index is 1.56. The van der Waals surface area contributed by atoms with Crippen LogP contribution in [0, 0.1) is 11.3 Å². The van der Waals surface area contributed by atoms with Gasteiger partial charge in [0.1, 0.15) is 18.2 Å². The summed E-state index contributed by atoms with van der Waals surface area (Å²) in [5.41, 5.74) is 3.84. The van der Waals surface area contributed by atoms with E-state index in [1.165, 1.54) is 0 Å². The molecular weight excluding hydrogens is 400 g/mol. The summed E-state index contributed by atoms with van der Waals surface area (Å²) in [6.07, 6.45) is 2.40. The lowest BCUT2D eigenvalue weighted by Gasteiger charge is -2.17. The summed E-state index contributed by atoms with van der Waals surface area (Å²) in [5, 5.41) is 9.68. The molecule has 0 saturated heterocycles. The number of anilines is 1. The zero-order valence-corrected chi connectivity index (χ0v) is 18.0. The molecule has 4 rings (SSSR count). The van der Waals surface area contributed by atoms with Crippen molar-refractivity contribution in [3.05, 3.63) is 95.1 Å². The highest BCUT2D eigenvalue weighted by Crippen LogP contribution is 2.32. The molecule has 5 nitrogen and oxygen atoms in total. The van der Waals surface area contributed by atoms with Crippen molar-refractivity contribution in [2.75, 3.05) is 18.1 Å². The molecule has 1 aliphatic heterocycles. The van der Waals surface area contributed by atoms with Gasteiger partial charge in [0, 0.05) is 12.2 Å². The fourth-order valence-corrected chi connectivity index (χ4v) is 3.74. The Bertz CT molecular complexity index is 1180. The standard InChI is InChI=1S/C27H24N2O3/c1-2-31-26-17-21(12-13-25(26)32-19-20-8-4-3-5-9-20)16-23(18-28)27(30)29-15-14-22-10-6-7-11-24(22)29/h3-13,16-17H,2,14-15,19H2,1H3/b23-16+. The second kappa shape index (κ2) is 9.84. The molecule has 160 valence electrons. The van der Waals surface area contributed by atoms with E-state index in [-0.39, 0.29) is 11.5 Å². The lowest BCUT2D eigenvalue weighted by molar-refractivity contribution is -0.114. The molecule has 3 aromatic rings. The SMILES string of the molecule is CCOc1cc(/C=C(\C#N)C(=O)N2CCc3ccccc32)ccc1OCc1ccccc1. The highest BCUT2D eigenvalue weighted by atomic mass is 16.5. The third-order valence-electron chi connectivity index (χ3n) is 5.30. The number of hydrogen-bond donors (Lipinski definition) is 0. The van der Waals surface area contributed by atoms with Crippen molar-refractivity contribution in [3.8, 4) is 17.6 Å². The first-order valence-electron chi connectivity index (χ1n) is 10.6. The first kappa shape index (κ1) is 21.2. The third-order valence-corrected chi connectivity index (χ3v) is 5.30. The normalized spacial score (nSPS) is 12.8. The van der Waals surface area contributed by atoms with Crippen LogP contribution < -0.4 is 14.4 Å². The molecule has 0 radical (unpaired) electrons. The molecule has 1 amide bonds. The number of carbonyl (C=O) groups excluding carboxylic acids is 1. The van der Waals surface area contributed by atoms with E-state index in [0.717, 1.165) is 23.2 Å². The first-order chi connectivity index (χ1) is 15.7. The molecule has 0 N–H and O–H groups in total. The van der Waals surface area contributed by atoms with Crippen molar-refractivity contribution >= 4 is 17.7 Å². The quantitative estimate of drug-likeness (QED) is 0.388. The van der Waals surface area contributed by atoms with Crippen LogP contribution in [0.15, 0.2) is 78.4 Å². The van der Waals surface area contributed by atoms with E-state index < -0.39 is 0 Å². The average Bonchev–Trinajstić information content (AvgIpc) is 3.26. The number of hydrogen-bond acceptors (Lipinski definition) is 4. The van der Waals surface area contributed by atoms with Crippen LogP contribution in [0.5, 0.6) is 11.5 Å². The summed E-state index contributed by atoms with van der Waals surface area (Å²) < 4.78 is 11.7. The molecule has 0 aromatic heterocycles. The second-order valence-corrected chi connectivity index (χ2v) is 7.42. The van der Waals surface area contributed by atoms with Gasteiger partial charge < -0.3 is 14.4 Å². The van der Waals surface area contributed by atoms with Crippen molar-refractivity contribution in [1.82, 2.24) is 0 Å². The maximum Gasteiger partial charge on any atom is 0.268 e. The molecule has 0 bridgehead atoms. The highest BCUT2D eigenvalue weighted by molar-refractivity contribution is 6.12. The smallest absolute Gasteiger partial charge is 0.268 e. The van der Waals surface area contributed by atoms with Crippen LogP contribution in [-0.4, -0.2) is 19.1 Å². The van der Waals surface area contributed by atoms with E-state index >= 15 is 0 Å². The molecule has 1 aliphatic rings. The Morgan fingerprint density at radius 2 is 1.81 bits per heavy atom. The first-order valence-corrected chi connectivity index (χ1v) is 10.6. The number of benzene rings is 3. The van der Waals surface area contributed by atoms with Gasteiger partial charge in [0.05, 0.1) is 6.61 Å². The van der Waals surface area contributed by atoms with Gasteiger partial charge in [-0.25, -0.2) is 0 Å². The second-order valence-electron chi connectivity index (χ2n) is 7.42. The molecule has 0 atom stereocenters. The molecule has 1 heterocycles. The van der Waals surface area contributed by atoms with Crippen LogP contribution in [0.2, 0.25) is 0 Å². The van der Waals surface area contributed by atoms with Crippen LogP contribution in [0.1, 0.15) is 23.6 Å². The summed E-state index contributed by atoms with van der Waals surface area (Å²) in [6.45, 7) is 3.38. The van der Waals surface area contributed by atoms with Gasteiger partial charge in [0.2, 0.25) is 0 Å². The summed E-state index contributed by atoms with van der Waals surface area (Å²) >= 11 is 0. The fourth-order valence-electron chi connectivity index (χ4n) is 3.74. The topological polar surface area (TPSA) is 62.6 Å². The van der Waals surface area contributed by atoms with E-state index in [2.05, 4.69) is 6.07 Å². The highest BCUT2D eigenvalue weighted by Gasteiger charge is 2.26. The third kappa shape index (κ3) is 4.65. The van der Waals surface area contributed by atoms with Gasteiger partial charge in [0.15, 0.2) is 11.5 Å². The lowest BCUT2D eigenvalue weighted by atomic mass is 10.1. The maximum absolute atomic E-state index is 13.1. The Kier molecular flexibility index (Phi) is 6.52. The molecule has 3 aromatic carbocycles. The summed E-state index contributed by atoms with van der Waals surface area (Å²) in [7, 11) is 0. The van der Waals surface area contributed by atoms with Crippen molar-refractivity contribution in [1.29, 1.82) is 5.26 Å². The van der Waals surface area contributed by atoms with Crippen LogP contribution in [-0.2, 0) is 17.8 Å². The summed E-state index contributed by atoms with van der Waals surface area (Å²) in [4.78, 5) is 14.7. The van der Waals surface area contributed by atoms with Crippen LogP contribution in [0.4, 0.5) is 5.69 Å². The number of fused-ring (bicyclic) bond motifs is 1. The molecule has 0 saturated carbocycles. The van der Waals surface area contributed by atoms with E-state index in [0.29, 0.717) is 36.8 Å².